The third-order valence-electron chi connectivity index (χ3n) is 2.82. The molecule has 1 nitrogen and oxygen atoms in total. The van der Waals surface area contributed by atoms with E-state index in [0.717, 1.165) is 5.69 Å². The average Bonchev–Trinajstić information content (AvgIpc) is 2.15. The minimum absolute atomic E-state index is 0.277. The molecule has 0 aliphatic carbocycles. The molecule has 0 heterocycles. The van der Waals surface area contributed by atoms with Gasteiger partial charge in [0.1, 0.15) is 0 Å². The zero-order valence-electron chi connectivity index (χ0n) is 9.33. The fraction of sp³-hybridized carbons (Fsp3) is 0.462. The first-order chi connectivity index (χ1) is 6.45. The van der Waals surface area contributed by atoms with Crippen molar-refractivity contribution >= 4 is 5.69 Å². The molecule has 0 radical (unpaired) electrons. The van der Waals surface area contributed by atoms with Gasteiger partial charge in [-0.1, -0.05) is 52.0 Å². The van der Waals surface area contributed by atoms with Crippen LogP contribution in [0.25, 0.3) is 4.85 Å². The van der Waals surface area contributed by atoms with Gasteiger partial charge >= 0.3 is 0 Å². The fourth-order valence-electron chi connectivity index (χ4n) is 1.34. The van der Waals surface area contributed by atoms with E-state index in [1.54, 1.807) is 0 Å². The molecule has 0 aromatic heterocycles. The molecule has 1 atom stereocenters. The van der Waals surface area contributed by atoms with Gasteiger partial charge in [-0.3, -0.25) is 0 Å². The van der Waals surface area contributed by atoms with Gasteiger partial charge in [-0.15, -0.1) is 0 Å². The summed E-state index contributed by atoms with van der Waals surface area (Å²) in [6.45, 7) is 15.8. The van der Waals surface area contributed by atoms with Gasteiger partial charge in [-0.05, 0) is 16.9 Å². The molecule has 0 saturated heterocycles. The first-order valence-corrected chi connectivity index (χ1v) is 4.92. The summed E-state index contributed by atoms with van der Waals surface area (Å²) in [5.74, 6) is 0.516. The molecule has 1 aromatic carbocycles. The summed E-state index contributed by atoms with van der Waals surface area (Å²) in [5, 5.41) is 0. The van der Waals surface area contributed by atoms with Crippen molar-refractivity contribution in [2.24, 2.45) is 5.41 Å². The van der Waals surface area contributed by atoms with Crippen LogP contribution in [0, 0.1) is 12.0 Å². The summed E-state index contributed by atoms with van der Waals surface area (Å²) >= 11 is 0. The molecule has 0 saturated carbocycles. The lowest BCUT2D eigenvalue weighted by atomic mass is 9.78. The molecule has 0 bridgehead atoms. The third-order valence-corrected chi connectivity index (χ3v) is 2.82. The van der Waals surface area contributed by atoms with Gasteiger partial charge in [-0.25, -0.2) is 4.85 Å². The van der Waals surface area contributed by atoms with Crippen molar-refractivity contribution in [2.45, 2.75) is 33.6 Å². The average molecular weight is 187 g/mol. The van der Waals surface area contributed by atoms with Crippen LogP contribution in [0.1, 0.15) is 39.2 Å². The zero-order chi connectivity index (χ0) is 10.8. The maximum atomic E-state index is 6.87. The molecule has 1 rings (SSSR count). The van der Waals surface area contributed by atoms with E-state index in [2.05, 4.69) is 44.7 Å². The Labute approximate surface area is 86.6 Å². The second-order valence-corrected chi connectivity index (χ2v) is 4.79. The van der Waals surface area contributed by atoms with Crippen LogP contribution in [0.2, 0.25) is 0 Å². The van der Waals surface area contributed by atoms with Crippen molar-refractivity contribution in [2.75, 3.05) is 0 Å². The largest absolute Gasteiger partial charge is 0.238 e. The van der Waals surface area contributed by atoms with E-state index in [0.29, 0.717) is 5.92 Å². The van der Waals surface area contributed by atoms with Crippen LogP contribution >= 0.6 is 0 Å². The van der Waals surface area contributed by atoms with E-state index in [1.807, 2.05) is 12.1 Å². The Hall–Kier alpha value is -1.29. The Morgan fingerprint density at radius 2 is 1.64 bits per heavy atom. The number of hydrogen-bond donors (Lipinski definition) is 0. The van der Waals surface area contributed by atoms with Gasteiger partial charge in [0, 0.05) is 0 Å². The summed E-state index contributed by atoms with van der Waals surface area (Å²) in [6, 6.07) is 7.90. The number of nitrogens with zero attached hydrogens (tertiary/aromatic N) is 1. The Balaban J connectivity index is 2.94. The normalized spacial score (nSPS) is 13.4. The van der Waals surface area contributed by atoms with Crippen molar-refractivity contribution in [1.29, 1.82) is 0 Å². The minimum Gasteiger partial charge on any atom is -0.238 e. The van der Waals surface area contributed by atoms with Crippen LogP contribution in [-0.2, 0) is 0 Å². The standard InChI is InChI=1S/C13H17N/c1-10(13(2,3)4)11-6-8-12(14-5)9-7-11/h6-10H,1-4H3/t10-/m0/s1. The van der Waals surface area contributed by atoms with Crippen molar-refractivity contribution in [1.82, 2.24) is 0 Å². The summed E-state index contributed by atoms with van der Waals surface area (Å²) < 4.78 is 0. The van der Waals surface area contributed by atoms with Gasteiger partial charge in [-0.2, -0.15) is 0 Å². The Kier molecular flexibility index (Phi) is 2.96. The maximum absolute atomic E-state index is 6.87. The highest BCUT2D eigenvalue weighted by Crippen LogP contribution is 2.34. The predicted molar refractivity (Wildman–Crippen MR) is 60.6 cm³/mol. The van der Waals surface area contributed by atoms with Crippen LogP contribution in [0.5, 0.6) is 0 Å². The highest BCUT2D eigenvalue weighted by molar-refractivity contribution is 5.46. The Bertz CT molecular complexity index is 335. The second-order valence-electron chi connectivity index (χ2n) is 4.79. The van der Waals surface area contributed by atoms with Gasteiger partial charge in [0.15, 0.2) is 5.69 Å². The monoisotopic (exact) mass is 187 g/mol. The topological polar surface area (TPSA) is 4.36 Å². The third kappa shape index (κ3) is 2.35. The lowest BCUT2D eigenvalue weighted by Crippen LogP contribution is -2.14. The van der Waals surface area contributed by atoms with Gasteiger partial charge < -0.3 is 0 Å². The summed E-state index contributed by atoms with van der Waals surface area (Å²) in [7, 11) is 0. The molecular weight excluding hydrogens is 170 g/mol. The number of hydrogen-bond acceptors (Lipinski definition) is 0. The Morgan fingerprint density at radius 1 is 1.14 bits per heavy atom. The molecular formula is C13H17N. The van der Waals surface area contributed by atoms with E-state index in [1.165, 1.54) is 5.56 Å². The molecule has 0 amide bonds. The van der Waals surface area contributed by atoms with E-state index in [9.17, 15) is 0 Å². The lowest BCUT2D eigenvalue weighted by molar-refractivity contribution is 0.339. The maximum Gasteiger partial charge on any atom is 0.187 e. The second kappa shape index (κ2) is 3.84. The van der Waals surface area contributed by atoms with Crippen molar-refractivity contribution in [3.05, 3.63) is 41.2 Å². The first kappa shape index (κ1) is 10.8. The predicted octanol–water partition coefficient (Wildman–Crippen LogP) is 4.39. The van der Waals surface area contributed by atoms with E-state index in [4.69, 9.17) is 6.57 Å². The smallest absolute Gasteiger partial charge is 0.187 e. The van der Waals surface area contributed by atoms with E-state index >= 15 is 0 Å². The molecule has 0 unspecified atom stereocenters. The molecule has 74 valence electrons. The molecule has 0 spiro atoms. The zero-order valence-corrected chi connectivity index (χ0v) is 9.33. The molecule has 0 aliphatic rings. The molecule has 14 heavy (non-hydrogen) atoms. The quantitative estimate of drug-likeness (QED) is 0.574. The van der Waals surface area contributed by atoms with Gasteiger partial charge in [0.2, 0.25) is 0 Å². The molecule has 1 aromatic rings. The SMILES string of the molecule is [C-]#[N+]c1ccc([C@H](C)C(C)(C)C)cc1. The highest BCUT2D eigenvalue weighted by atomic mass is 14.6. The summed E-state index contributed by atoms with van der Waals surface area (Å²) in [4.78, 5) is 3.38. The van der Waals surface area contributed by atoms with Gasteiger partial charge in [0.05, 0.1) is 6.57 Å². The Morgan fingerprint density at radius 3 is 2.00 bits per heavy atom. The van der Waals surface area contributed by atoms with E-state index < -0.39 is 0 Å². The van der Waals surface area contributed by atoms with Crippen LogP contribution in [-0.4, -0.2) is 0 Å². The lowest BCUT2D eigenvalue weighted by Gasteiger charge is -2.27. The number of rotatable bonds is 1. The molecule has 1 heteroatoms. The van der Waals surface area contributed by atoms with Crippen LogP contribution < -0.4 is 0 Å². The summed E-state index contributed by atoms with van der Waals surface area (Å²) in [5.41, 5.74) is 2.30. The molecule has 0 N–H and O–H groups in total. The number of benzene rings is 1. The van der Waals surface area contributed by atoms with Crippen molar-refractivity contribution in [3.8, 4) is 0 Å². The van der Waals surface area contributed by atoms with Gasteiger partial charge in [0.25, 0.3) is 0 Å². The van der Waals surface area contributed by atoms with Crippen LogP contribution in [0.15, 0.2) is 24.3 Å². The van der Waals surface area contributed by atoms with E-state index in [-0.39, 0.29) is 5.41 Å². The van der Waals surface area contributed by atoms with Crippen LogP contribution in [0.4, 0.5) is 5.69 Å². The van der Waals surface area contributed by atoms with Crippen molar-refractivity contribution < 1.29 is 0 Å². The van der Waals surface area contributed by atoms with Crippen LogP contribution in [0.3, 0.4) is 0 Å². The highest BCUT2D eigenvalue weighted by Gasteiger charge is 2.21. The van der Waals surface area contributed by atoms with Crippen molar-refractivity contribution in [3.63, 3.8) is 0 Å². The first-order valence-electron chi connectivity index (χ1n) is 4.92. The molecule has 0 fully saturated rings. The minimum atomic E-state index is 0.277. The fourth-order valence-corrected chi connectivity index (χ4v) is 1.34. The molecule has 0 aliphatic heterocycles. The summed E-state index contributed by atoms with van der Waals surface area (Å²) in [6.07, 6.45) is 0.